The van der Waals surface area contributed by atoms with E-state index in [2.05, 4.69) is 29.6 Å². The van der Waals surface area contributed by atoms with Gasteiger partial charge >= 0.3 is 0 Å². The molecule has 0 spiro atoms. The summed E-state index contributed by atoms with van der Waals surface area (Å²) >= 11 is 0. The van der Waals surface area contributed by atoms with Crippen LogP contribution in [-0.4, -0.2) is 49.2 Å². The van der Waals surface area contributed by atoms with Gasteiger partial charge in [-0.1, -0.05) is 30.3 Å². The molecule has 1 atom stereocenters. The van der Waals surface area contributed by atoms with Crippen LogP contribution >= 0.6 is 0 Å². The zero-order valence-corrected chi connectivity index (χ0v) is 13.2. The van der Waals surface area contributed by atoms with Crippen molar-refractivity contribution < 1.29 is 9.53 Å². The number of likely N-dealkylation sites (tertiary alicyclic amines) is 1. The van der Waals surface area contributed by atoms with E-state index < -0.39 is 0 Å². The van der Waals surface area contributed by atoms with E-state index in [-0.39, 0.29) is 6.04 Å². The minimum atomic E-state index is 0.0653. The van der Waals surface area contributed by atoms with Gasteiger partial charge in [0.25, 0.3) is 0 Å². The average Bonchev–Trinajstić information content (AvgIpc) is 3.10. The summed E-state index contributed by atoms with van der Waals surface area (Å²) < 4.78 is 5.99. The molecule has 2 heterocycles. The highest BCUT2D eigenvalue weighted by Gasteiger charge is 2.29. The first-order valence-corrected chi connectivity index (χ1v) is 8.50. The first-order valence-electron chi connectivity index (χ1n) is 8.50. The molecule has 0 bridgehead atoms. The number of hydrogen-bond donors (Lipinski definition) is 1. The first kappa shape index (κ1) is 15.5. The Morgan fingerprint density at radius 1 is 1.18 bits per heavy atom. The summed E-state index contributed by atoms with van der Waals surface area (Å²) in [6.07, 6.45) is 5.32. The number of nitrogens with zero attached hydrogens (tertiary/aromatic N) is 1. The topological polar surface area (TPSA) is 41.6 Å². The second kappa shape index (κ2) is 7.75. The van der Waals surface area contributed by atoms with Gasteiger partial charge in [0.05, 0.1) is 18.8 Å². The Bertz CT molecular complexity index is 463. The quantitative estimate of drug-likeness (QED) is 0.904. The van der Waals surface area contributed by atoms with E-state index in [4.69, 9.17) is 4.74 Å². The number of hydrogen-bond acceptors (Lipinski definition) is 3. The van der Waals surface area contributed by atoms with Crippen molar-refractivity contribution in [2.24, 2.45) is 0 Å². The molecule has 22 heavy (non-hydrogen) atoms. The molecule has 1 aromatic rings. The molecule has 0 radical (unpaired) electrons. The first-order chi connectivity index (χ1) is 10.8. The number of rotatable bonds is 5. The molecule has 1 amide bonds. The van der Waals surface area contributed by atoms with Crippen LogP contribution in [0.1, 0.15) is 31.2 Å². The fourth-order valence-electron chi connectivity index (χ4n) is 3.35. The normalized spacial score (nSPS) is 22.9. The largest absolute Gasteiger partial charge is 0.378 e. The number of nitrogens with one attached hydrogen (secondary N) is 1. The SMILES string of the molecule is O=C(C1CCCN1)N1CCC(OCCc2ccccc2)CC1. The Hall–Kier alpha value is -1.39. The van der Waals surface area contributed by atoms with Crippen molar-refractivity contribution >= 4 is 5.91 Å². The zero-order valence-electron chi connectivity index (χ0n) is 13.2. The lowest BCUT2D eigenvalue weighted by Gasteiger charge is -2.33. The van der Waals surface area contributed by atoms with Crippen molar-refractivity contribution in [1.29, 1.82) is 0 Å². The molecule has 4 heteroatoms. The Balaban J connectivity index is 1.36. The van der Waals surface area contributed by atoms with Crippen LogP contribution in [-0.2, 0) is 16.0 Å². The monoisotopic (exact) mass is 302 g/mol. The molecule has 1 unspecified atom stereocenters. The molecule has 1 N–H and O–H groups in total. The second-order valence-electron chi connectivity index (χ2n) is 6.28. The maximum Gasteiger partial charge on any atom is 0.239 e. The third-order valence-corrected chi connectivity index (χ3v) is 4.70. The predicted octanol–water partition coefficient (Wildman–Crippen LogP) is 1.99. The number of amides is 1. The Kier molecular flexibility index (Phi) is 5.46. The van der Waals surface area contributed by atoms with Gasteiger partial charge in [-0.3, -0.25) is 4.79 Å². The lowest BCUT2D eigenvalue weighted by atomic mass is 10.1. The van der Waals surface area contributed by atoms with Gasteiger partial charge in [-0.2, -0.15) is 0 Å². The number of benzene rings is 1. The number of carbonyl (C=O) groups excluding carboxylic acids is 1. The third-order valence-electron chi connectivity index (χ3n) is 4.70. The Morgan fingerprint density at radius 3 is 2.64 bits per heavy atom. The maximum absolute atomic E-state index is 12.3. The molecule has 1 aromatic carbocycles. The summed E-state index contributed by atoms with van der Waals surface area (Å²) in [7, 11) is 0. The Labute approximate surface area is 132 Å². The zero-order chi connectivity index (χ0) is 15.2. The molecular weight excluding hydrogens is 276 g/mol. The third kappa shape index (κ3) is 4.08. The van der Waals surface area contributed by atoms with E-state index in [0.717, 1.165) is 58.3 Å². The van der Waals surface area contributed by atoms with Crippen LogP contribution < -0.4 is 5.32 Å². The van der Waals surface area contributed by atoms with Gasteiger partial charge in [-0.05, 0) is 44.2 Å². The molecule has 120 valence electrons. The van der Waals surface area contributed by atoms with Crippen molar-refractivity contribution in [1.82, 2.24) is 10.2 Å². The summed E-state index contributed by atoms with van der Waals surface area (Å²) in [5.74, 6) is 0.292. The van der Waals surface area contributed by atoms with Crippen molar-refractivity contribution in [2.45, 2.75) is 44.2 Å². The van der Waals surface area contributed by atoms with Crippen LogP contribution in [0.5, 0.6) is 0 Å². The highest BCUT2D eigenvalue weighted by Crippen LogP contribution is 2.17. The molecule has 2 aliphatic rings. The van der Waals surface area contributed by atoms with Crippen LogP contribution in [0.4, 0.5) is 0 Å². The molecule has 0 aliphatic carbocycles. The average molecular weight is 302 g/mol. The van der Waals surface area contributed by atoms with Crippen molar-refractivity contribution in [3.8, 4) is 0 Å². The summed E-state index contributed by atoms with van der Waals surface area (Å²) in [4.78, 5) is 14.3. The number of piperidine rings is 1. The summed E-state index contributed by atoms with van der Waals surface area (Å²) in [5.41, 5.74) is 1.32. The van der Waals surface area contributed by atoms with E-state index in [1.165, 1.54) is 5.56 Å². The standard InChI is InChI=1S/C18H26N2O2/c21-18(17-7-4-11-19-17)20-12-8-16(9-13-20)22-14-10-15-5-2-1-3-6-15/h1-3,5-6,16-17,19H,4,7-14H2. The highest BCUT2D eigenvalue weighted by atomic mass is 16.5. The highest BCUT2D eigenvalue weighted by molar-refractivity contribution is 5.82. The van der Waals surface area contributed by atoms with E-state index in [0.29, 0.717) is 12.0 Å². The molecule has 0 aromatic heterocycles. The maximum atomic E-state index is 12.3. The van der Waals surface area contributed by atoms with Gasteiger partial charge in [0.1, 0.15) is 0 Å². The fraction of sp³-hybridized carbons (Fsp3) is 0.611. The van der Waals surface area contributed by atoms with E-state index >= 15 is 0 Å². The number of carbonyl (C=O) groups is 1. The Morgan fingerprint density at radius 2 is 1.95 bits per heavy atom. The lowest BCUT2D eigenvalue weighted by Crippen LogP contribution is -2.48. The molecule has 2 saturated heterocycles. The van der Waals surface area contributed by atoms with Crippen LogP contribution in [0.2, 0.25) is 0 Å². The number of ether oxygens (including phenoxy) is 1. The molecule has 3 rings (SSSR count). The minimum absolute atomic E-state index is 0.0653. The molecule has 4 nitrogen and oxygen atoms in total. The second-order valence-corrected chi connectivity index (χ2v) is 6.28. The van der Waals surface area contributed by atoms with Crippen molar-refractivity contribution in [3.05, 3.63) is 35.9 Å². The van der Waals surface area contributed by atoms with Gasteiger partial charge < -0.3 is 15.0 Å². The molecule has 2 fully saturated rings. The van der Waals surface area contributed by atoms with Gasteiger partial charge in [-0.25, -0.2) is 0 Å². The smallest absolute Gasteiger partial charge is 0.239 e. The summed E-state index contributed by atoms with van der Waals surface area (Å²) in [6, 6.07) is 10.5. The minimum Gasteiger partial charge on any atom is -0.378 e. The van der Waals surface area contributed by atoms with Crippen LogP contribution in [0.25, 0.3) is 0 Å². The predicted molar refractivity (Wildman–Crippen MR) is 86.7 cm³/mol. The van der Waals surface area contributed by atoms with Crippen LogP contribution in [0.3, 0.4) is 0 Å². The van der Waals surface area contributed by atoms with Crippen LogP contribution in [0, 0.1) is 0 Å². The molecular formula is C18H26N2O2. The summed E-state index contributed by atoms with van der Waals surface area (Å²) in [6.45, 7) is 3.43. The van der Waals surface area contributed by atoms with Gasteiger partial charge in [0, 0.05) is 13.1 Å². The van der Waals surface area contributed by atoms with E-state index in [1.54, 1.807) is 0 Å². The summed E-state index contributed by atoms with van der Waals surface area (Å²) in [5, 5.41) is 3.29. The molecule has 2 aliphatic heterocycles. The van der Waals surface area contributed by atoms with Gasteiger partial charge in [0.15, 0.2) is 0 Å². The van der Waals surface area contributed by atoms with Crippen molar-refractivity contribution in [3.63, 3.8) is 0 Å². The lowest BCUT2D eigenvalue weighted by molar-refractivity contribution is -0.135. The van der Waals surface area contributed by atoms with Gasteiger partial charge in [0.2, 0.25) is 5.91 Å². The fourth-order valence-corrected chi connectivity index (χ4v) is 3.35. The van der Waals surface area contributed by atoms with E-state index in [1.807, 2.05) is 11.0 Å². The van der Waals surface area contributed by atoms with Gasteiger partial charge in [-0.15, -0.1) is 0 Å². The van der Waals surface area contributed by atoms with Crippen LogP contribution in [0.15, 0.2) is 30.3 Å². The van der Waals surface area contributed by atoms with E-state index in [9.17, 15) is 4.79 Å². The van der Waals surface area contributed by atoms with Crippen molar-refractivity contribution in [2.75, 3.05) is 26.2 Å². The molecule has 0 saturated carbocycles.